The van der Waals surface area contributed by atoms with Crippen LogP contribution in [0.25, 0.3) is 0 Å². The van der Waals surface area contributed by atoms with E-state index in [9.17, 15) is 9.46 Å². The molecule has 0 fully saturated rings. The van der Waals surface area contributed by atoms with Gasteiger partial charge in [0.05, 0.1) is 13.2 Å². The van der Waals surface area contributed by atoms with Gasteiger partial charge in [-0.05, 0) is 30.6 Å². The zero-order chi connectivity index (χ0) is 13.5. The van der Waals surface area contributed by atoms with E-state index in [1.165, 1.54) is 0 Å². The first-order chi connectivity index (χ1) is 7.73. The number of phosphoric acid groups is 1. The maximum absolute atomic E-state index is 11.4. The molecule has 0 spiro atoms. The third-order valence-corrected chi connectivity index (χ3v) is 3.29. The van der Waals surface area contributed by atoms with Gasteiger partial charge in [-0.2, -0.15) is 0 Å². The molecule has 6 heteroatoms. The van der Waals surface area contributed by atoms with Crippen molar-refractivity contribution in [1.29, 1.82) is 0 Å². The van der Waals surface area contributed by atoms with Crippen molar-refractivity contribution < 1.29 is 71.3 Å². The summed E-state index contributed by atoms with van der Waals surface area (Å²) in [5.74, 6) is 1.36. The Morgan fingerprint density at radius 1 is 1.11 bits per heavy atom. The summed E-state index contributed by atoms with van der Waals surface area (Å²) in [4.78, 5) is 9.37. The molecule has 0 aliphatic rings. The Kier molecular flexibility index (Phi) is 14.0. The number of hydrogen-bond donors (Lipinski definition) is 1. The van der Waals surface area contributed by atoms with Gasteiger partial charge in [-0.3, -0.25) is 9.05 Å². The first kappa shape index (κ1) is 22.0. The Hall–Kier alpha value is 1.75. The van der Waals surface area contributed by atoms with Crippen LogP contribution in [0.4, 0.5) is 0 Å². The summed E-state index contributed by atoms with van der Waals surface area (Å²) in [6, 6.07) is 0. The molecule has 0 amide bonds. The van der Waals surface area contributed by atoms with Gasteiger partial charge >= 0.3 is 59.2 Å². The Labute approximate surface area is 156 Å². The van der Waals surface area contributed by atoms with Crippen LogP contribution in [-0.4, -0.2) is 18.1 Å². The zero-order valence-electron chi connectivity index (χ0n) is 13.7. The molecule has 18 heavy (non-hydrogen) atoms. The first-order valence-corrected chi connectivity index (χ1v) is 7.84. The van der Waals surface area contributed by atoms with Gasteiger partial charge in [-0.15, -0.1) is 0 Å². The largest absolute Gasteiger partial charge is 1.00 e. The standard InChI is InChI=1S/C12H27O4P.K.H/c1-10(2)8-12(5)6-7-15-17(13,14)16-9-11(3)4;;/h10-12H,6-9H2,1-5H3,(H,13,14);;/q;+1;-1. The van der Waals surface area contributed by atoms with E-state index in [4.69, 9.17) is 9.05 Å². The van der Waals surface area contributed by atoms with Crippen LogP contribution in [0.5, 0.6) is 0 Å². The Morgan fingerprint density at radius 3 is 2.11 bits per heavy atom. The van der Waals surface area contributed by atoms with E-state index in [2.05, 4.69) is 20.8 Å². The Balaban J connectivity index is -0.00000128. The van der Waals surface area contributed by atoms with Crippen LogP contribution in [0.3, 0.4) is 0 Å². The van der Waals surface area contributed by atoms with E-state index >= 15 is 0 Å². The minimum atomic E-state index is -3.84. The topological polar surface area (TPSA) is 55.8 Å². The summed E-state index contributed by atoms with van der Waals surface area (Å²) in [7, 11) is -3.84. The molecule has 0 aromatic carbocycles. The molecule has 0 saturated heterocycles. The molecule has 0 rings (SSSR count). The molecule has 1 N–H and O–H groups in total. The summed E-state index contributed by atoms with van der Waals surface area (Å²) >= 11 is 0. The van der Waals surface area contributed by atoms with Gasteiger partial charge in [-0.25, -0.2) is 4.57 Å². The van der Waals surface area contributed by atoms with Gasteiger partial charge in [0.2, 0.25) is 0 Å². The number of phosphoric ester groups is 1. The third kappa shape index (κ3) is 14.2. The molecule has 0 aliphatic carbocycles. The second-order valence-electron chi connectivity index (χ2n) is 5.51. The SMILES string of the molecule is CC(C)COP(=O)(O)OCCC(C)CC(C)C.[H-].[K+]. The van der Waals surface area contributed by atoms with Crippen molar-refractivity contribution in [2.45, 2.75) is 47.5 Å². The fourth-order valence-electron chi connectivity index (χ4n) is 1.57. The Bertz CT molecular complexity index is 252. The normalized spacial score (nSPS) is 16.4. The first-order valence-electron chi connectivity index (χ1n) is 6.34. The quantitative estimate of drug-likeness (QED) is 0.509. The average molecular weight is 306 g/mol. The zero-order valence-corrected chi connectivity index (χ0v) is 16.7. The van der Waals surface area contributed by atoms with Crippen molar-refractivity contribution in [3.63, 3.8) is 0 Å². The van der Waals surface area contributed by atoms with E-state index in [1.54, 1.807) is 0 Å². The smallest absolute Gasteiger partial charge is 1.00 e. The molecule has 2 unspecified atom stereocenters. The van der Waals surface area contributed by atoms with Gasteiger partial charge in [-0.1, -0.05) is 34.6 Å². The van der Waals surface area contributed by atoms with Gasteiger partial charge in [0.15, 0.2) is 0 Å². The van der Waals surface area contributed by atoms with Gasteiger partial charge < -0.3 is 6.32 Å². The second-order valence-corrected chi connectivity index (χ2v) is 6.97. The molecule has 0 aliphatic heterocycles. The van der Waals surface area contributed by atoms with Crippen LogP contribution in [0.15, 0.2) is 0 Å². The summed E-state index contributed by atoms with van der Waals surface area (Å²) in [5, 5.41) is 0. The summed E-state index contributed by atoms with van der Waals surface area (Å²) in [6.45, 7) is 10.8. The molecule has 2 atom stereocenters. The van der Waals surface area contributed by atoms with Crippen molar-refractivity contribution in [2.24, 2.45) is 17.8 Å². The maximum Gasteiger partial charge on any atom is 1.00 e. The van der Waals surface area contributed by atoms with Crippen molar-refractivity contribution in [3.05, 3.63) is 0 Å². The van der Waals surface area contributed by atoms with E-state index in [-0.39, 0.29) is 71.9 Å². The summed E-state index contributed by atoms with van der Waals surface area (Å²) < 4.78 is 21.2. The molecule has 0 heterocycles. The molecule has 0 aromatic rings. The maximum atomic E-state index is 11.4. The van der Waals surface area contributed by atoms with E-state index in [0.29, 0.717) is 11.8 Å². The van der Waals surface area contributed by atoms with Crippen LogP contribution >= 0.6 is 7.82 Å². The van der Waals surface area contributed by atoms with Crippen LogP contribution in [0, 0.1) is 17.8 Å². The predicted molar refractivity (Wildman–Crippen MR) is 70.9 cm³/mol. The number of rotatable bonds is 9. The van der Waals surface area contributed by atoms with Crippen LogP contribution < -0.4 is 51.4 Å². The third-order valence-electron chi connectivity index (χ3n) is 2.31. The fraction of sp³-hybridized carbons (Fsp3) is 1.00. The molecule has 0 aromatic heterocycles. The summed E-state index contributed by atoms with van der Waals surface area (Å²) in [6.07, 6.45) is 1.89. The molecule has 0 bridgehead atoms. The van der Waals surface area contributed by atoms with Gasteiger partial charge in [0.1, 0.15) is 0 Å². The van der Waals surface area contributed by atoms with Crippen LogP contribution in [0.1, 0.15) is 48.9 Å². The van der Waals surface area contributed by atoms with Gasteiger partial charge in [0, 0.05) is 0 Å². The molecular formula is C12H28KO4P. The van der Waals surface area contributed by atoms with Gasteiger partial charge in [0.25, 0.3) is 0 Å². The fourth-order valence-corrected chi connectivity index (χ4v) is 2.47. The predicted octanol–water partition coefficient (Wildman–Crippen LogP) is 0.965. The Morgan fingerprint density at radius 2 is 1.67 bits per heavy atom. The van der Waals surface area contributed by atoms with Crippen LogP contribution in [0.2, 0.25) is 0 Å². The molecule has 106 valence electrons. The van der Waals surface area contributed by atoms with E-state index < -0.39 is 7.82 Å². The molecule has 0 saturated carbocycles. The second kappa shape index (κ2) is 11.4. The molecule has 4 nitrogen and oxygen atoms in total. The molecular weight excluding hydrogens is 278 g/mol. The number of hydrogen-bond acceptors (Lipinski definition) is 3. The monoisotopic (exact) mass is 306 g/mol. The van der Waals surface area contributed by atoms with Crippen molar-refractivity contribution in [2.75, 3.05) is 13.2 Å². The minimum Gasteiger partial charge on any atom is -1.00 e. The van der Waals surface area contributed by atoms with E-state index in [0.717, 1.165) is 12.8 Å². The van der Waals surface area contributed by atoms with Crippen molar-refractivity contribution in [1.82, 2.24) is 0 Å². The van der Waals surface area contributed by atoms with Crippen molar-refractivity contribution in [3.8, 4) is 0 Å². The van der Waals surface area contributed by atoms with E-state index in [1.807, 2.05) is 13.8 Å². The van der Waals surface area contributed by atoms with Crippen LogP contribution in [-0.2, 0) is 13.6 Å². The summed E-state index contributed by atoms with van der Waals surface area (Å²) in [5.41, 5.74) is 0. The average Bonchev–Trinajstić information content (AvgIpc) is 2.13. The minimum absolute atomic E-state index is 0. The molecule has 0 radical (unpaired) electrons. The van der Waals surface area contributed by atoms with Crippen molar-refractivity contribution >= 4 is 7.82 Å².